The summed E-state index contributed by atoms with van der Waals surface area (Å²) in [5.41, 5.74) is 3.80. The van der Waals surface area contributed by atoms with Crippen molar-refractivity contribution in [3.05, 3.63) is 59.7 Å². The summed E-state index contributed by atoms with van der Waals surface area (Å²) in [6, 6.07) is 13.1. The number of carbonyl (C=O) groups excluding carboxylic acids is 2. The van der Waals surface area contributed by atoms with Crippen LogP contribution >= 0.6 is 0 Å². The number of benzene rings is 2. The van der Waals surface area contributed by atoms with Gasteiger partial charge in [0.1, 0.15) is 12.6 Å². The number of hydrogen-bond acceptors (Lipinski definition) is 4. The van der Waals surface area contributed by atoms with Crippen LogP contribution in [0.4, 0.5) is 22.4 Å². The van der Waals surface area contributed by atoms with Gasteiger partial charge in [0.25, 0.3) is 5.91 Å². The third-order valence-electron chi connectivity index (χ3n) is 6.19. The molecule has 0 heterocycles. The number of carbonyl (C=O) groups is 3. The van der Waals surface area contributed by atoms with Crippen molar-refractivity contribution in [3.8, 4) is 11.1 Å². The highest BCUT2D eigenvalue weighted by atomic mass is 19.3. The molecule has 1 unspecified atom stereocenters. The van der Waals surface area contributed by atoms with Gasteiger partial charge >= 0.3 is 23.9 Å². The Morgan fingerprint density at radius 3 is 2.03 bits per heavy atom. The molecule has 2 aliphatic carbocycles. The Balaban J connectivity index is 1.41. The molecule has 3 N–H and O–H groups in total. The van der Waals surface area contributed by atoms with E-state index in [-0.39, 0.29) is 12.5 Å². The van der Waals surface area contributed by atoms with Crippen molar-refractivity contribution >= 4 is 18.0 Å². The first-order chi connectivity index (χ1) is 16.5. The van der Waals surface area contributed by atoms with E-state index in [1.165, 1.54) is 5.32 Å². The minimum atomic E-state index is -4.42. The quantitative estimate of drug-likeness (QED) is 0.461. The molecular weight excluding hydrogens is 472 g/mol. The molecule has 35 heavy (non-hydrogen) atoms. The minimum Gasteiger partial charge on any atom is -0.477 e. The van der Waals surface area contributed by atoms with E-state index in [9.17, 15) is 31.9 Å². The fraction of sp³-hybridized carbons (Fsp3) is 0.375. The molecule has 0 saturated heterocycles. The van der Waals surface area contributed by atoms with Gasteiger partial charge < -0.3 is 20.5 Å². The van der Waals surface area contributed by atoms with Crippen LogP contribution in [0.15, 0.2) is 48.5 Å². The van der Waals surface area contributed by atoms with Gasteiger partial charge in [-0.1, -0.05) is 48.5 Å². The van der Waals surface area contributed by atoms with Crippen molar-refractivity contribution in [3.63, 3.8) is 0 Å². The van der Waals surface area contributed by atoms with Crippen LogP contribution in [-0.4, -0.2) is 54.1 Å². The number of halogens is 4. The molecule has 186 valence electrons. The number of fused-ring (bicyclic) bond motifs is 3. The van der Waals surface area contributed by atoms with Crippen molar-refractivity contribution in [1.82, 2.24) is 10.6 Å². The van der Waals surface area contributed by atoms with E-state index in [1.54, 1.807) is 0 Å². The van der Waals surface area contributed by atoms with Gasteiger partial charge in [-0.05, 0) is 41.0 Å². The molecular formula is C24H22F4N2O5. The summed E-state index contributed by atoms with van der Waals surface area (Å²) in [4.78, 5) is 34.9. The van der Waals surface area contributed by atoms with Crippen molar-refractivity contribution < 1.29 is 41.8 Å². The zero-order chi connectivity index (χ0) is 25.4. The van der Waals surface area contributed by atoms with Crippen LogP contribution in [0.1, 0.15) is 29.9 Å². The highest BCUT2D eigenvalue weighted by Crippen LogP contribution is 2.44. The van der Waals surface area contributed by atoms with Gasteiger partial charge in [-0.25, -0.2) is 9.59 Å². The SMILES string of the molecule is O=C(NC(C1CC1)C(F)(F)C(=O)NCC(F)(F)C(=O)O)OCC1c2ccccc2-c2ccccc21. The number of carboxylic acids is 1. The fourth-order valence-corrected chi connectivity index (χ4v) is 4.23. The number of alkyl halides is 4. The van der Waals surface area contributed by atoms with Crippen molar-refractivity contribution in [1.29, 1.82) is 0 Å². The van der Waals surface area contributed by atoms with Crippen LogP contribution in [-0.2, 0) is 14.3 Å². The third-order valence-corrected chi connectivity index (χ3v) is 6.19. The molecule has 1 atom stereocenters. The minimum absolute atomic E-state index is 0.139. The lowest BCUT2D eigenvalue weighted by Crippen LogP contribution is -2.58. The van der Waals surface area contributed by atoms with E-state index in [4.69, 9.17) is 9.84 Å². The first-order valence-electron chi connectivity index (χ1n) is 10.9. The highest BCUT2D eigenvalue weighted by molar-refractivity contribution is 5.86. The average molecular weight is 494 g/mol. The van der Waals surface area contributed by atoms with Crippen molar-refractivity contribution in [2.24, 2.45) is 5.92 Å². The first-order valence-corrected chi connectivity index (χ1v) is 10.9. The van der Waals surface area contributed by atoms with Gasteiger partial charge in [0, 0.05) is 5.92 Å². The van der Waals surface area contributed by atoms with Crippen LogP contribution < -0.4 is 10.6 Å². The number of rotatable bonds is 9. The predicted molar refractivity (Wildman–Crippen MR) is 115 cm³/mol. The average Bonchev–Trinajstić information content (AvgIpc) is 3.61. The number of amides is 2. The van der Waals surface area contributed by atoms with Crippen molar-refractivity contribution in [2.45, 2.75) is 36.6 Å². The molecule has 0 spiro atoms. The summed E-state index contributed by atoms with van der Waals surface area (Å²) in [5.74, 6) is -14.4. The molecule has 0 aromatic heterocycles. The second-order valence-corrected chi connectivity index (χ2v) is 8.60. The van der Waals surface area contributed by atoms with Crippen molar-refractivity contribution in [2.75, 3.05) is 13.2 Å². The lowest BCUT2D eigenvalue weighted by Gasteiger charge is -2.27. The van der Waals surface area contributed by atoms with Gasteiger partial charge in [-0.15, -0.1) is 0 Å². The Labute approximate surface area is 197 Å². The molecule has 0 aliphatic heterocycles. The number of alkyl carbamates (subject to hydrolysis) is 1. The summed E-state index contributed by atoms with van der Waals surface area (Å²) in [6.45, 7) is -1.95. The smallest absolute Gasteiger partial charge is 0.407 e. The van der Waals surface area contributed by atoms with Gasteiger partial charge in [0.15, 0.2) is 0 Å². The van der Waals surface area contributed by atoms with Gasteiger partial charge in [-0.2, -0.15) is 17.6 Å². The summed E-state index contributed by atoms with van der Waals surface area (Å²) >= 11 is 0. The standard InChI is InChI=1S/C24H22F4N2O5/c25-23(26,21(32)33)12-29-20(31)24(27,28)19(13-9-10-13)30-22(34)35-11-18-16-7-3-1-5-14(16)15-6-2-4-8-17(15)18/h1-8,13,18-19H,9-12H2,(H,29,31)(H,30,34)(H,32,33). The molecule has 2 aliphatic rings. The summed E-state index contributed by atoms with van der Waals surface area (Å²) in [7, 11) is 0. The summed E-state index contributed by atoms with van der Waals surface area (Å²) in [5, 5.41) is 11.7. The van der Waals surface area contributed by atoms with E-state index < -0.39 is 48.3 Å². The summed E-state index contributed by atoms with van der Waals surface area (Å²) < 4.78 is 61.2. The Morgan fingerprint density at radius 1 is 0.971 bits per heavy atom. The molecule has 1 saturated carbocycles. The number of ether oxygens (including phenoxy) is 1. The van der Waals surface area contributed by atoms with E-state index in [1.807, 2.05) is 53.8 Å². The zero-order valence-electron chi connectivity index (χ0n) is 18.3. The molecule has 0 radical (unpaired) electrons. The number of aliphatic carboxylic acids is 1. The second kappa shape index (κ2) is 9.20. The molecule has 2 aromatic carbocycles. The number of nitrogens with one attached hydrogen (secondary N) is 2. The molecule has 1 fully saturated rings. The van der Waals surface area contributed by atoms with Crippen LogP contribution in [0, 0.1) is 5.92 Å². The molecule has 2 aromatic rings. The fourth-order valence-electron chi connectivity index (χ4n) is 4.23. The van der Waals surface area contributed by atoms with E-state index >= 15 is 0 Å². The number of hydrogen-bond donors (Lipinski definition) is 3. The predicted octanol–water partition coefficient (Wildman–Crippen LogP) is 3.78. The molecule has 7 nitrogen and oxygen atoms in total. The molecule has 2 amide bonds. The lowest BCUT2D eigenvalue weighted by atomic mass is 9.98. The second-order valence-electron chi connectivity index (χ2n) is 8.60. The first kappa shape index (κ1) is 24.5. The molecule has 11 heteroatoms. The maximum Gasteiger partial charge on any atom is 0.407 e. The topological polar surface area (TPSA) is 105 Å². The normalized spacial score (nSPS) is 16.1. The van der Waals surface area contributed by atoms with Crippen LogP contribution in [0.25, 0.3) is 11.1 Å². The van der Waals surface area contributed by atoms with E-state index in [2.05, 4.69) is 0 Å². The maximum absolute atomic E-state index is 14.8. The van der Waals surface area contributed by atoms with Crippen LogP contribution in [0.2, 0.25) is 0 Å². The van der Waals surface area contributed by atoms with Gasteiger partial charge in [0.2, 0.25) is 0 Å². The Morgan fingerprint density at radius 2 is 1.51 bits per heavy atom. The Kier molecular flexibility index (Phi) is 6.44. The Hall–Kier alpha value is -3.63. The van der Waals surface area contributed by atoms with Gasteiger partial charge in [0.05, 0.1) is 6.54 Å². The maximum atomic E-state index is 14.8. The third kappa shape index (κ3) is 4.94. The largest absolute Gasteiger partial charge is 0.477 e. The van der Waals surface area contributed by atoms with Gasteiger partial charge in [-0.3, -0.25) is 4.79 Å². The van der Waals surface area contributed by atoms with E-state index in [0.29, 0.717) is 12.8 Å². The zero-order valence-corrected chi connectivity index (χ0v) is 18.3. The van der Waals surface area contributed by atoms with Crippen LogP contribution in [0.5, 0.6) is 0 Å². The highest BCUT2D eigenvalue weighted by Gasteiger charge is 2.55. The Bertz CT molecular complexity index is 1110. The number of carboxylic acid groups (broad SMARTS) is 1. The monoisotopic (exact) mass is 494 g/mol. The lowest BCUT2D eigenvalue weighted by molar-refractivity contribution is -0.166. The van der Waals surface area contributed by atoms with Crippen LogP contribution in [0.3, 0.4) is 0 Å². The summed E-state index contributed by atoms with van der Waals surface area (Å²) in [6.07, 6.45) is -0.586. The van der Waals surface area contributed by atoms with E-state index in [0.717, 1.165) is 22.3 Å². The molecule has 0 bridgehead atoms. The molecule has 4 rings (SSSR count).